The lowest BCUT2D eigenvalue weighted by atomic mass is 9.94. The molecule has 0 aliphatic carbocycles. The second-order valence-electron chi connectivity index (χ2n) is 8.91. The average molecular weight is 531 g/mol. The van der Waals surface area contributed by atoms with Gasteiger partial charge < -0.3 is 19.3 Å². The van der Waals surface area contributed by atoms with Gasteiger partial charge in [-0.25, -0.2) is 4.98 Å². The number of aromatic nitrogens is 1. The molecule has 0 unspecified atom stereocenters. The van der Waals surface area contributed by atoms with E-state index in [4.69, 9.17) is 19.2 Å². The number of nitrogens with zero attached hydrogens (tertiary/aromatic N) is 2. The van der Waals surface area contributed by atoms with E-state index in [1.165, 1.54) is 37.6 Å². The van der Waals surface area contributed by atoms with Crippen LogP contribution in [0.3, 0.4) is 0 Å². The number of Topliss-reactive ketones (excluding diaryl/α,β-unsaturated/α-hetero) is 1. The summed E-state index contributed by atoms with van der Waals surface area (Å²) in [5, 5.41) is 11.8. The number of benzene rings is 3. The molecule has 5 rings (SSSR count). The number of ether oxygens (including phenoxy) is 3. The van der Waals surface area contributed by atoms with Crippen LogP contribution >= 0.6 is 11.3 Å². The number of ketones is 1. The number of aliphatic hydroxyl groups is 1. The molecule has 3 aromatic carbocycles. The zero-order chi connectivity index (χ0) is 27.1. The Kier molecular flexibility index (Phi) is 6.54. The molecular weight excluding hydrogens is 504 g/mol. The highest BCUT2D eigenvalue weighted by atomic mass is 32.1. The highest BCUT2D eigenvalue weighted by Gasteiger charge is 2.49. The van der Waals surface area contributed by atoms with E-state index in [9.17, 15) is 14.7 Å². The molecule has 0 radical (unpaired) electrons. The molecule has 194 valence electrons. The van der Waals surface area contributed by atoms with Crippen LogP contribution in [-0.2, 0) is 9.59 Å². The average Bonchev–Trinajstić information content (AvgIpc) is 3.46. The molecule has 1 amide bonds. The van der Waals surface area contributed by atoms with E-state index >= 15 is 0 Å². The number of hydrogen-bond acceptors (Lipinski definition) is 8. The number of carbonyl (C=O) groups is 2. The molecule has 1 N–H and O–H groups in total. The van der Waals surface area contributed by atoms with Crippen molar-refractivity contribution in [3.63, 3.8) is 0 Å². The molecule has 1 saturated heterocycles. The topological polar surface area (TPSA) is 98.2 Å². The number of aliphatic hydroxyl groups excluding tert-OH is 1. The minimum atomic E-state index is -1.01. The fraction of sp³-hybridized carbons (Fsp3) is 0.207. The number of hydrogen-bond donors (Lipinski definition) is 1. The molecule has 0 bridgehead atoms. The SMILES string of the molecule is COc1ccc(/C(O)=C2\C(=O)C(=O)N(c3nc4c(C)cc(C)cc4s3)[C@@H]2c2cccc(OC)c2OC)cc1. The van der Waals surface area contributed by atoms with E-state index in [1.807, 2.05) is 26.0 Å². The number of thiazole rings is 1. The summed E-state index contributed by atoms with van der Waals surface area (Å²) in [6.07, 6.45) is 0. The standard InChI is InChI=1S/C29H26N2O6S/c1-15-13-16(2)23-21(14-15)38-29(30-23)31-24(19-7-6-8-20(36-4)27(19)37-5)22(26(33)28(31)34)25(32)17-9-11-18(35-3)12-10-17/h6-14,24,32H,1-5H3/b25-22+/t24-/m1/s1. The van der Waals surface area contributed by atoms with Crippen molar-refractivity contribution in [2.24, 2.45) is 0 Å². The first-order valence-corrected chi connectivity index (χ1v) is 12.6. The van der Waals surface area contributed by atoms with Gasteiger partial charge in [0.25, 0.3) is 5.78 Å². The monoisotopic (exact) mass is 530 g/mol. The third-order valence-electron chi connectivity index (χ3n) is 6.56. The summed E-state index contributed by atoms with van der Waals surface area (Å²) in [7, 11) is 4.53. The first kappa shape index (κ1) is 25.3. The summed E-state index contributed by atoms with van der Waals surface area (Å²) in [5.74, 6) is -0.551. The Balaban J connectivity index is 1.78. The quantitative estimate of drug-likeness (QED) is 0.198. The van der Waals surface area contributed by atoms with Crippen LogP contribution in [0.2, 0.25) is 0 Å². The normalized spacial score (nSPS) is 16.8. The van der Waals surface area contributed by atoms with Crippen molar-refractivity contribution in [2.45, 2.75) is 19.9 Å². The molecule has 8 nitrogen and oxygen atoms in total. The van der Waals surface area contributed by atoms with Gasteiger partial charge in [-0.1, -0.05) is 29.5 Å². The molecule has 1 aromatic heterocycles. The molecule has 1 atom stereocenters. The van der Waals surface area contributed by atoms with Crippen molar-refractivity contribution in [1.82, 2.24) is 4.98 Å². The van der Waals surface area contributed by atoms with Gasteiger partial charge >= 0.3 is 5.91 Å². The lowest BCUT2D eigenvalue weighted by molar-refractivity contribution is -0.132. The van der Waals surface area contributed by atoms with Gasteiger partial charge in [-0.2, -0.15) is 0 Å². The van der Waals surface area contributed by atoms with E-state index in [0.717, 1.165) is 21.3 Å². The van der Waals surface area contributed by atoms with Crippen LogP contribution in [0.1, 0.15) is 28.3 Å². The first-order valence-electron chi connectivity index (χ1n) is 11.8. The molecule has 0 spiro atoms. The lowest BCUT2D eigenvalue weighted by Gasteiger charge is -2.25. The highest BCUT2D eigenvalue weighted by Crippen LogP contribution is 2.48. The van der Waals surface area contributed by atoms with Crippen LogP contribution in [0.5, 0.6) is 17.2 Å². The number of aryl methyl sites for hydroxylation is 2. The van der Waals surface area contributed by atoms with Gasteiger partial charge in [-0.15, -0.1) is 0 Å². The number of fused-ring (bicyclic) bond motifs is 1. The summed E-state index contributed by atoms with van der Waals surface area (Å²) >= 11 is 1.31. The predicted molar refractivity (Wildman–Crippen MR) is 146 cm³/mol. The fourth-order valence-corrected chi connectivity index (χ4v) is 5.99. The number of carbonyl (C=O) groups excluding carboxylic acids is 2. The van der Waals surface area contributed by atoms with Crippen LogP contribution in [0.25, 0.3) is 16.0 Å². The number of para-hydroxylation sites is 1. The van der Waals surface area contributed by atoms with Crippen LogP contribution in [0, 0.1) is 13.8 Å². The Morgan fingerprint density at radius 2 is 1.71 bits per heavy atom. The zero-order valence-electron chi connectivity index (χ0n) is 21.6. The molecule has 38 heavy (non-hydrogen) atoms. The maximum absolute atomic E-state index is 13.6. The summed E-state index contributed by atoms with van der Waals surface area (Å²) < 4.78 is 17.3. The predicted octanol–water partition coefficient (Wildman–Crippen LogP) is 5.57. The van der Waals surface area contributed by atoms with E-state index in [0.29, 0.717) is 33.5 Å². The minimum absolute atomic E-state index is 0.0705. The summed E-state index contributed by atoms with van der Waals surface area (Å²) in [6, 6.07) is 14.8. The van der Waals surface area contributed by atoms with Crippen LogP contribution in [0.4, 0.5) is 5.13 Å². The fourth-order valence-electron chi connectivity index (χ4n) is 4.82. The minimum Gasteiger partial charge on any atom is -0.507 e. The highest BCUT2D eigenvalue weighted by molar-refractivity contribution is 7.22. The number of amides is 1. The Morgan fingerprint density at radius 3 is 2.37 bits per heavy atom. The van der Waals surface area contributed by atoms with E-state index in [2.05, 4.69) is 0 Å². The Hall–Kier alpha value is -4.37. The van der Waals surface area contributed by atoms with Gasteiger partial charge in [-0.3, -0.25) is 14.5 Å². The summed E-state index contributed by atoms with van der Waals surface area (Å²) in [5.41, 5.74) is 3.56. The Bertz CT molecular complexity index is 1610. The molecular formula is C29H26N2O6S. The van der Waals surface area contributed by atoms with Crippen molar-refractivity contribution < 1.29 is 28.9 Å². The van der Waals surface area contributed by atoms with E-state index in [-0.39, 0.29) is 11.3 Å². The first-order chi connectivity index (χ1) is 18.3. The van der Waals surface area contributed by atoms with Crippen LogP contribution < -0.4 is 19.1 Å². The maximum Gasteiger partial charge on any atom is 0.301 e. The Morgan fingerprint density at radius 1 is 0.974 bits per heavy atom. The van der Waals surface area contributed by atoms with Gasteiger partial charge in [0, 0.05) is 11.1 Å². The largest absolute Gasteiger partial charge is 0.507 e. The number of methoxy groups -OCH3 is 3. The second kappa shape index (κ2) is 9.83. The molecule has 4 aromatic rings. The van der Waals surface area contributed by atoms with Gasteiger partial charge in [0.15, 0.2) is 16.6 Å². The molecule has 1 aliphatic rings. The number of anilines is 1. The third kappa shape index (κ3) is 4.05. The second-order valence-corrected chi connectivity index (χ2v) is 9.91. The van der Waals surface area contributed by atoms with Gasteiger partial charge in [0.2, 0.25) is 0 Å². The molecule has 2 heterocycles. The van der Waals surface area contributed by atoms with Crippen molar-refractivity contribution in [2.75, 3.05) is 26.2 Å². The molecule has 1 fully saturated rings. The molecule has 9 heteroatoms. The third-order valence-corrected chi connectivity index (χ3v) is 7.56. The van der Waals surface area contributed by atoms with Gasteiger partial charge in [0.05, 0.1) is 37.1 Å². The van der Waals surface area contributed by atoms with Crippen LogP contribution in [0.15, 0.2) is 60.2 Å². The molecule has 1 aliphatic heterocycles. The van der Waals surface area contributed by atoms with Crippen molar-refractivity contribution in [1.29, 1.82) is 0 Å². The van der Waals surface area contributed by atoms with Gasteiger partial charge in [-0.05, 0) is 61.4 Å². The zero-order valence-corrected chi connectivity index (χ0v) is 22.4. The number of rotatable bonds is 6. The molecule has 0 saturated carbocycles. The van der Waals surface area contributed by atoms with Crippen molar-refractivity contribution in [3.05, 3.63) is 82.4 Å². The summed E-state index contributed by atoms with van der Waals surface area (Å²) in [6.45, 7) is 3.95. The van der Waals surface area contributed by atoms with Gasteiger partial charge in [0.1, 0.15) is 17.6 Å². The van der Waals surface area contributed by atoms with E-state index in [1.54, 1.807) is 42.5 Å². The summed E-state index contributed by atoms with van der Waals surface area (Å²) in [4.78, 5) is 33.3. The Labute approximate surface area is 223 Å². The van der Waals surface area contributed by atoms with Crippen molar-refractivity contribution in [3.8, 4) is 17.2 Å². The maximum atomic E-state index is 13.6. The smallest absolute Gasteiger partial charge is 0.301 e. The van der Waals surface area contributed by atoms with Crippen LogP contribution in [-0.4, -0.2) is 43.1 Å². The van der Waals surface area contributed by atoms with E-state index < -0.39 is 17.7 Å². The lowest BCUT2D eigenvalue weighted by Crippen LogP contribution is -2.29. The van der Waals surface area contributed by atoms with Crippen molar-refractivity contribution >= 4 is 44.1 Å².